The summed E-state index contributed by atoms with van der Waals surface area (Å²) in [4.78, 5) is 0. The molecule has 0 aliphatic rings. The lowest BCUT2D eigenvalue weighted by Crippen LogP contribution is -2.03. The molecule has 0 bridgehead atoms. The third kappa shape index (κ3) is 1.70. The van der Waals surface area contributed by atoms with Gasteiger partial charge in [-0.1, -0.05) is 18.2 Å². The molecule has 0 spiro atoms. The highest BCUT2D eigenvalue weighted by Gasteiger charge is 2.01. The number of hydrogen-bond acceptors (Lipinski definition) is 1. The Bertz CT molecular complexity index is 401. The van der Waals surface area contributed by atoms with Crippen molar-refractivity contribution in [1.29, 1.82) is 0 Å². The van der Waals surface area contributed by atoms with Crippen molar-refractivity contribution in [2.75, 3.05) is 0 Å². The van der Waals surface area contributed by atoms with Gasteiger partial charge in [-0.2, -0.15) is 0 Å². The molecule has 1 heterocycles. The van der Waals surface area contributed by atoms with Crippen LogP contribution in [0.5, 0.6) is 0 Å². The lowest BCUT2D eigenvalue weighted by atomic mass is 10.2. The van der Waals surface area contributed by atoms with Crippen molar-refractivity contribution in [1.82, 2.24) is 4.57 Å². The number of nitrogens with two attached hydrogens (primary N) is 1. The van der Waals surface area contributed by atoms with Crippen LogP contribution in [0.2, 0.25) is 0 Å². The fourth-order valence-corrected chi connectivity index (χ4v) is 1.44. The molecular weight excluding hydrogens is 172 g/mol. The minimum atomic E-state index is 0.0972. The maximum Gasteiger partial charge on any atom is 0.0449 e. The third-order valence-corrected chi connectivity index (χ3v) is 2.30. The Morgan fingerprint density at radius 2 is 1.86 bits per heavy atom. The van der Waals surface area contributed by atoms with Gasteiger partial charge in [0.25, 0.3) is 0 Å². The van der Waals surface area contributed by atoms with E-state index in [1.165, 1.54) is 5.69 Å². The number of rotatable bonds is 2. The zero-order valence-electron chi connectivity index (χ0n) is 8.22. The van der Waals surface area contributed by atoms with Crippen LogP contribution in [0.25, 0.3) is 5.69 Å². The number of para-hydroxylation sites is 1. The Morgan fingerprint density at radius 1 is 1.14 bits per heavy atom. The molecule has 2 aromatic rings. The van der Waals surface area contributed by atoms with E-state index in [0.29, 0.717) is 0 Å². The minimum Gasteiger partial charge on any atom is -0.324 e. The van der Waals surface area contributed by atoms with Crippen LogP contribution in [0.15, 0.2) is 48.8 Å². The molecule has 2 N–H and O–H groups in total. The van der Waals surface area contributed by atoms with Gasteiger partial charge in [-0.25, -0.2) is 0 Å². The van der Waals surface area contributed by atoms with Gasteiger partial charge in [0, 0.05) is 24.1 Å². The zero-order valence-corrected chi connectivity index (χ0v) is 8.22. The molecule has 1 atom stereocenters. The Kier molecular flexibility index (Phi) is 2.37. The number of benzene rings is 1. The Morgan fingerprint density at radius 3 is 2.43 bits per heavy atom. The maximum absolute atomic E-state index is 5.79. The SMILES string of the molecule is CC(N)c1ccn(-c2ccccc2)c1. The summed E-state index contributed by atoms with van der Waals surface area (Å²) >= 11 is 0. The third-order valence-electron chi connectivity index (χ3n) is 2.30. The summed E-state index contributed by atoms with van der Waals surface area (Å²) in [6.07, 6.45) is 4.11. The summed E-state index contributed by atoms with van der Waals surface area (Å²) in [6.45, 7) is 1.99. The number of aromatic nitrogens is 1. The molecule has 2 rings (SSSR count). The molecule has 0 saturated heterocycles. The molecule has 0 amide bonds. The van der Waals surface area contributed by atoms with E-state index in [4.69, 9.17) is 5.73 Å². The van der Waals surface area contributed by atoms with Gasteiger partial charge in [0.15, 0.2) is 0 Å². The molecule has 1 aromatic heterocycles. The van der Waals surface area contributed by atoms with Crippen molar-refractivity contribution in [3.63, 3.8) is 0 Å². The van der Waals surface area contributed by atoms with Gasteiger partial charge in [-0.05, 0) is 30.7 Å². The van der Waals surface area contributed by atoms with E-state index in [2.05, 4.69) is 29.0 Å². The van der Waals surface area contributed by atoms with Crippen molar-refractivity contribution in [3.8, 4) is 5.69 Å². The Hall–Kier alpha value is -1.54. The monoisotopic (exact) mass is 186 g/mol. The second kappa shape index (κ2) is 3.68. The van der Waals surface area contributed by atoms with Gasteiger partial charge in [0.05, 0.1) is 0 Å². The van der Waals surface area contributed by atoms with Gasteiger partial charge in [0.1, 0.15) is 0 Å². The predicted octanol–water partition coefficient (Wildman–Crippen LogP) is 2.50. The first-order valence-corrected chi connectivity index (χ1v) is 4.76. The van der Waals surface area contributed by atoms with E-state index in [1.807, 2.05) is 31.3 Å². The highest BCUT2D eigenvalue weighted by Crippen LogP contribution is 2.14. The summed E-state index contributed by atoms with van der Waals surface area (Å²) < 4.78 is 2.08. The highest BCUT2D eigenvalue weighted by atomic mass is 14.9. The molecule has 0 saturated carbocycles. The Balaban J connectivity index is 2.34. The van der Waals surface area contributed by atoms with Crippen molar-refractivity contribution >= 4 is 0 Å². The molecule has 0 fully saturated rings. The summed E-state index contributed by atoms with van der Waals surface area (Å²) in [5.74, 6) is 0. The van der Waals surface area contributed by atoms with Crippen molar-refractivity contribution < 1.29 is 0 Å². The van der Waals surface area contributed by atoms with Gasteiger partial charge in [-0.15, -0.1) is 0 Å². The largest absolute Gasteiger partial charge is 0.324 e. The maximum atomic E-state index is 5.79. The number of nitrogens with zero attached hydrogens (tertiary/aromatic N) is 1. The van der Waals surface area contributed by atoms with Crippen LogP contribution in [-0.2, 0) is 0 Å². The van der Waals surface area contributed by atoms with Crippen LogP contribution >= 0.6 is 0 Å². The molecule has 0 radical (unpaired) electrons. The Labute approximate surface area is 84.0 Å². The second-order valence-electron chi connectivity index (χ2n) is 3.48. The van der Waals surface area contributed by atoms with Gasteiger partial charge in [-0.3, -0.25) is 0 Å². The summed E-state index contributed by atoms with van der Waals surface area (Å²) in [6, 6.07) is 12.4. The van der Waals surface area contributed by atoms with Gasteiger partial charge in [0.2, 0.25) is 0 Å². The molecule has 2 heteroatoms. The minimum absolute atomic E-state index is 0.0972. The normalized spacial score (nSPS) is 12.7. The highest BCUT2D eigenvalue weighted by molar-refractivity contribution is 5.33. The topological polar surface area (TPSA) is 30.9 Å². The summed E-state index contributed by atoms with van der Waals surface area (Å²) in [5, 5.41) is 0. The van der Waals surface area contributed by atoms with E-state index >= 15 is 0 Å². The molecule has 1 aromatic carbocycles. The fourth-order valence-electron chi connectivity index (χ4n) is 1.44. The molecule has 1 unspecified atom stereocenters. The first kappa shape index (κ1) is 9.03. The fraction of sp³-hybridized carbons (Fsp3) is 0.167. The van der Waals surface area contributed by atoms with Gasteiger partial charge < -0.3 is 10.3 Å². The summed E-state index contributed by atoms with van der Waals surface area (Å²) in [7, 11) is 0. The lowest BCUT2D eigenvalue weighted by Gasteiger charge is -2.02. The van der Waals surface area contributed by atoms with Crippen LogP contribution < -0.4 is 5.73 Å². The smallest absolute Gasteiger partial charge is 0.0449 e. The second-order valence-corrected chi connectivity index (χ2v) is 3.48. The van der Waals surface area contributed by atoms with Crippen LogP contribution in [-0.4, -0.2) is 4.57 Å². The average molecular weight is 186 g/mol. The first-order chi connectivity index (χ1) is 6.77. The van der Waals surface area contributed by atoms with Crippen LogP contribution in [0.4, 0.5) is 0 Å². The summed E-state index contributed by atoms with van der Waals surface area (Å²) in [5.41, 5.74) is 8.12. The first-order valence-electron chi connectivity index (χ1n) is 4.76. The molecule has 72 valence electrons. The van der Waals surface area contributed by atoms with E-state index in [-0.39, 0.29) is 6.04 Å². The van der Waals surface area contributed by atoms with Crippen LogP contribution in [0.1, 0.15) is 18.5 Å². The van der Waals surface area contributed by atoms with E-state index in [9.17, 15) is 0 Å². The van der Waals surface area contributed by atoms with E-state index < -0.39 is 0 Å². The quantitative estimate of drug-likeness (QED) is 0.767. The van der Waals surface area contributed by atoms with Crippen molar-refractivity contribution in [2.45, 2.75) is 13.0 Å². The molecule has 0 aliphatic heterocycles. The van der Waals surface area contributed by atoms with Crippen molar-refractivity contribution in [2.24, 2.45) is 5.73 Å². The molecular formula is C12H14N2. The molecule has 2 nitrogen and oxygen atoms in total. The van der Waals surface area contributed by atoms with Crippen LogP contribution in [0, 0.1) is 0 Å². The van der Waals surface area contributed by atoms with Crippen LogP contribution in [0.3, 0.4) is 0 Å². The molecule has 14 heavy (non-hydrogen) atoms. The standard InChI is InChI=1S/C12H14N2/c1-10(13)11-7-8-14(9-11)12-5-3-2-4-6-12/h2-10H,13H2,1H3. The predicted molar refractivity (Wildman–Crippen MR) is 58.4 cm³/mol. The van der Waals surface area contributed by atoms with E-state index in [0.717, 1.165) is 5.56 Å². The molecule has 0 aliphatic carbocycles. The zero-order chi connectivity index (χ0) is 9.97. The van der Waals surface area contributed by atoms with Crippen molar-refractivity contribution in [3.05, 3.63) is 54.4 Å². The van der Waals surface area contributed by atoms with E-state index in [1.54, 1.807) is 0 Å². The number of hydrogen-bond donors (Lipinski definition) is 1. The average Bonchev–Trinajstić information content (AvgIpc) is 2.68. The lowest BCUT2D eigenvalue weighted by molar-refractivity contribution is 0.816. The van der Waals surface area contributed by atoms with Gasteiger partial charge >= 0.3 is 0 Å².